The Bertz CT molecular complexity index is 468. The molecule has 0 heterocycles. The first-order chi connectivity index (χ1) is 11.6. The molecule has 0 aliphatic heterocycles. The Kier molecular flexibility index (Phi) is 9.56. The molecule has 1 N–H and O–H groups in total. The molecule has 7 nitrogen and oxygen atoms in total. The largest absolute Gasteiger partial charge is 0.461 e. The average molecular weight is 355 g/mol. The van der Waals surface area contributed by atoms with Crippen LogP contribution in [0.5, 0.6) is 0 Å². The number of alkyl carbamates (subject to hydrolysis) is 1. The number of ether oxygens (including phenoxy) is 3. The smallest absolute Gasteiger partial charge is 0.407 e. The van der Waals surface area contributed by atoms with Gasteiger partial charge in [0, 0.05) is 6.54 Å². The number of rotatable bonds is 10. The van der Waals surface area contributed by atoms with E-state index in [9.17, 15) is 14.4 Å². The molecule has 0 atom stereocenters. The van der Waals surface area contributed by atoms with Gasteiger partial charge in [0.2, 0.25) is 0 Å². The third-order valence-corrected chi connectivity index (χ3v) is 3.09. The van der Waals surface area contributed by atoms with Gasteiger partial charge in [-0.2, -0.15) is 0 Å². The predicted octanol–water partition coefficient (Wildman–Crippen LogP) is 2.76. The van der Waals surface area contributed by atoms with Gasteiger partial charge in [-0.15, -0.1) is 0 Å². The number of hydrogen-bond donors (Lipinski definition) is 1. The Morgan fingerprint density at radius 1 is 0.960 bits per heavy atom. The van der Waals surface area contributed by atoms with E-state index in [0.717, 1.165) is 0 Å². The molecule has 0 rings (SSSR count). The van der Waals surface area contributed by atoms with E-state index in [2.05, 4.69) is 18.5 Å². The third kappa shape index (κ3) is 8.93. The quantitative estimate of drug-likeness (QED) is 0.213. The highest BCUT2D eigenvalue weighted by Crippen LogP contribution is 2.27. The molecule has 0 radical (unpaired) electrons. The van der Waals surface area contributed by atoms with Crippen LogP contribution in [0.25, 0.3) is 0 Å². The number of nitrogens with one attached hydrogen (secondary N) is 1. The van der Waals surface area contributed by atoms with E-state index in [-0.39, 0.29) is 26.2 Å². The van der Waals surface area contributed by atoms with Crippen molar-refractivity contribution >= 4 is 18.0 Å². The van der Waals surface area contributed by atoms with Crippen molar-refractivity contribution in [2.45, 2.75) is 46.1 Å². The van der Waals surface area contributed by atoms with Gasteiger partial charge in [0.1, 0.15) is 18.8 Å². The number of esters is 2. The SMILES string of the molecule is C=CCOC(=O)C(C)(CCCNC(=O)OC(C)(C)C)C(=O)OCC=C. The molecule has 7 heteroatoms. The molecule has 0 bridgehead atoms. The van der Waals surface area contributed by atoms with Gasteiger partial charge in [-0.3, -0.25) is 9.59 Å². The molecular formula is C18H29NO6. The Morgan fingerprint density at radius 3 is 1.84 bits per heavy atom. The first-order valence-electron chi connectivity index (χ1n) is 8.10. The summed E-state index contributed by atoms with van der Waals surface area (Å²) in [7, 11) is 0. The lowest BCUT2D eigenvalue weighted by molar-refractivity contribution is -0.170. The summed E-state index contributed by atoms with van der Waals surface area (Å²) in [6.07, 6.45) is 2.78. The van der Waals surface area contributed by atoms with E-state index in [1.807, 2.05) is 0 Å². The molecule has 0 unspecified atom stereocenters. The predicted molar refractivity (Wildman–Crippen MR) is 93.9 cm³/mol. The van der Waals surface area contributed by atoms with E-state index in [1.165, 1.54) is 19.1 Å². The maximum atomic E-state index is 12.2. The highest BCUT2D eigenvalue weighted by atomic mass is 16.6. The van der Waals surface area contributed by atoms with E-state index >= 15 is 0 Å². The zero-order valence-corrected chi connectivity index (χ0v) is 15.6. The van der Waals surface area contributed by atoms with E-state index < -0.39 is 29.0 Å². The van der Waals surface area contributed by atoms with Crippen molar-refractivity contribution in [2.75, 3.05) is 19.8 Å². The topological polar surface area (TPSA) is 90.9 Å². The van der Waals surface area contributed by atoms with Crippen molar-refractivity contribution in [3.8, 4) is 0 Å². The van der Waals surface area contributed by atoms with Gasteiger partial charge in [-0.25, -0.2) is 4.79 Å². The highest BCUT2D eigenvalue weighted by Gasteiger charge is 2.43. The summed E-state index contributed by atoms with van der Waals surface area (Å²) in [5.41, 5.74) is -2.07. The lowest BCUT2D eigenvalue weighted by Crippen LogP contribution is -2.40. The van der Waals surface area contributed by atoms with Crippen molar-refractivity contribution in [1.82, 2.24) is 5.32 Å². The Hall–Kier alpha value is -2.31. The average Bonchev–Trinajstić information content (AvgIpc) is 2.52. The van der Waals surface area contributed by atoms with Crippen molar-refractivity contribution in [3.05, 3.63) is 25.3 Å². The summed E-state index contributed by atoms with van der Waals surface area (Å²) < 4.78 is 15.1. The zero-order chi connectivity index (χ0) is 19.5. The Labute approximate surface area is 149 Å². The second kappa shape index (κ2) is 10.5. The van der Waals surface area contributed by atoms with Crippen LogP contribution in [-0.4, -0.2) is 43.4 Å². The molecule has 1 amide bonds. The summed E-state index contributed by atoms with van der Waals surface area (Å²) in [5, 5.41) is 2.58. The van der Waals surface area contributed by atoms with Crippen LogP contribution in [-0.2, 0) is 23.8 Å². The fourth-order valence-electron chi connectivity index (χ4n) is 1.82. The lowest BCUT2D eigenvalue weighted by Gasteiger charge is -2.25. The van der Waals surface area contributed by atoms with Crippen LogP contribution in [0.1, 0.15) is 40.5 Å². The lowest BCUT2D eigenvalue weighted by atomic mass is 9.85. The summed E-state index contributed by atoms with van der Waals surface area (Å²) in [5.74, 6) is -1.39. The highest BCUT2D eigenvalue weighted by molar-refractivity contribution is 5.99. The second-order valence-electron chi connectivity index (χ2n) is 6.64. The first kappa shape index (κ1) is 22.7. The van der Waals surface area contributed by atoms with Crippen LogP contribution in [0.3, 0.4) is 0 Å². The van der Waals surface area contributed by atoms with E-state index in [1.54, 1.807) is 20.8 Å². The molecule has 0 saturated carbocycles. The number of carbonyl (C=O) groups is 3. The van der Waals surface area contributed by atoms with Crippen molar-refractivity contribution in [2.24, 2.45) is 5.41 Å². The molecule has 0 aromatic carbocycles. The molecule has 0 aromatic rings. The Morgan fingerprint density at radius 2 is 1.44 bits per heavy atom. The molecule has 0 spiro atoms. The molecular weight excluding hydrogens is 326 g/mol. The Balaban J connectivity index is 4.70. The van der Waals surface area contributed by atoms with Crippen molar-refractivity contribution < 1.29 is 28.6 Å². The molecule has 0 fully saturated rings. The minimum absolute atomic E-state index is 0.000674. The maximum absolute atomic E-state index is 12.2. The maximum Gasteiger partial charge on any atom is 0.407 e. The zero-order valence-electron chi connectivity index (χ0n) is 15.6. The summed E-state index contributed by atoms with van der Waals surface area (Å²) in [6, 6.07) is 0. The van der Waals surface area contributed by atoms with Gasteiger partial charge in [0.05, 0.1) is 0 Å². The standard InChI is InChI=1S/C18H29NO6/c1-7-12-23-14(20)18(6,15(21)24-13-8-2)10-9-11-19-16(22)25-17(3,4)5/h7-8H,1-2,9-13H2,3-6H3,(H,19,22). The number of hydrogen-bond acceptors (Lipinski definition) is 6. The summed E-state index contributed by atoms with van der Waals surface area (Å²) in [4.78, 5) is 36.1. The fraction of sp³-hybridized carbons (Fsp3) is 0.611. The molecule has 0 aliphatic rings. The molecule has 0 aliphatic carbocycles. The molecule has 25 heavy (non-hydrogen) atoms. The van der Waals surface area contributed by atoms with Gasteiger partial charge >= 0.3 is 18.0 Å². The number of carbonyl (C=O) groups excluding carboxylic acids is 3. The van der Waals surface area contributed by atoms with E-state index in [0.29, 0.717) is 6.42 Å². The normalized spacial score (nSPS) is 11.2. The van der Waals surface area contributed by atoms with Gasteiger partial charge in [-0.05, 0) is 40.5 Å². The van der Waals surface area contributed by atoms with Crippen molar-refractivity contribution in [3.63, 3.8) is 0 Å². The van der Waals surface area contributed by atoms with Crippen LogP contribution >= 0.6 is 0 Å². The van der Waals surface area contributed by atoms with Crippen LogP contribution in [0.2, 0.25) is 0 Å². The van der Waals surface area contributed by atoms with Gasteiger partial charge in [0.15, 0.2) is 5.41 Å². The minimum atomic E-state index is -1.47. The first-order valence-corrected chi connectivity index (χ1v) is 8.10. The summed E-state index contributed by atoms with van der Waals surface area (Å²) in [6.45, 7) is 13.9. The van der Waals surface area contributed by atoms with Crippen molar-refractivity contribution in [1.29, 1.82) is 0 Å². The minimum Gasteiger partial charge on any atom is -0.461 e. The van der Waals surface area contributed by atoms with Crippen LogP contribution < -0.4 is 5.32 Å². The third-order valence-electron chi connectivity index (χ3n) is 3.09. The monoisotopic (exact) mass is 355 g/mol. The molecule has 0 saturated heterocycles. The second-order valence-corrected chi connectivity index (χ2v) is 6.64. The van der Waals surface area contributed by atoms with Gasteiger partial charge in [-0.1, -0.05) is 25.3 Å². The van der Waals surface area contributed by atoms with Crippen LogP contribution in [0.15, 0.2) is 25.3 Å². The molecule has 142 valence electrons. The van der Waals surface area contributed by atoms with Gasteiger partial charge < -0.3 is 19.5 Å². The van der Waals surface area contributed by atoms with Crippen LogP contribution in [0, 0.1) is 5.41 Å². The summed E-state index contributed by atoms with van der Waals surface area (Å²) >= 11 is 0. The van der Waals surface area contributed by atoms with E-state index in [4.69, 9.17) is 14.2 Å². The fourth-order valence-corrected chi connectivity index (χ4v) is 1.82. The van der Waals surface area contributed by atoms with Gasteiger partial charge in [0.25, 0.3) is 0 Å². The van der Waals surface area contributed by atoms with Crippen LogP contribution in [0.4, 0.5) is 4.79 Å². The molecule has 0 aromatic heterocycles. The number of amides is 1.